The number of hydrogen-bond acceptors (Lipinski definition) is 2. The van der Waals surface area contributed by atoms with Crippen molar-refractivity contribution in [3.63, 3.8) is 0 Å². The zero-order chi connectivity index (χ0) is 11.9. The first-order valence-corrected chi connectivity index (χ1v) is 5.22. The molecule has 0 aliphatic heterocycles. The summed E-state index contributed by atoms with van der Waals surface area (Å²) in [5.41, 5.74) is 0.637. The molecule has 16 heavy (non-hydrogen) atoms. The first-order valence-electron chi connectivity index (χ1n) is 4.47. The molecule has 0 amide bonds. The van der Waals surface area contributed by atoms with E-state index < -0.39 is 0 Å². The number of nitrogens with one attached hydrogen (secondary N) is 1. The highest BCUT2D eigenvalue weighted by atomic mass is 35.5. The molecule has 1 heterocycles. The minimum Gasteiger partial charge on any atom is -0.356 e. The quantitative estimate of drug-likeness (QED) is 0.784. The van der Waals surface area contributed by atoms with Crippen LogP contribution in [0.4, 0.5) is 0 Å². The highest BCUT2D eigenvalue weighted by Gasteiger charge is 2.13. The van der Waals surface area contributed by atoms with Crippen LogP contribution < -0.4 is 5.43 Å². The second kappa shape index (κ2) is 3.82. The summed E-state index contributed by atoms with van der Waals surface area (Å²) in [5.74, 6) is 0. The number of pyridine rings is 1. The average Bonchev–Trinajstić information content (AvgIpc) is 2.24. The summed E-state index contributed by atoms with van der Waals surface area (Å²) in [5, 5.41) is 9.83. The minimum absolute atomic E-state index is 0.0664. The second-order valence-electron chi connectivity index (χ2n) is 3.35. The zero-order valence-corrected chi connectivity index (χ0v) is 9.78. The van der Waals surface area contributed by atoms with Gasteiger partial charge in [0.2, 0.25) is 5.43 Å². The highest BCUT2D eigenvalue weighted by molar-refractivity contribution is 6.39. The first-order chi connectivity index (χ1) is 7.56. The number of nitrogens with zero attached hydrogens (tertiary/aromatic N) is 1. The molecule has 0 fully saturated rings. The number of aromatic amines is 1. The zero-order valence-electron chi connectivity index (χ0n) is 8.27. The van der Waals surface area contributed by atoms with E-state index in [-0.39, 0.29) is 21.4 Å². The fourth-order valence-corrected chi connectivity index (χ4v) is 2.02. The molecule has 1 N–H and O–H groups in total. The van der Waals surface area contributed by atoms with Gasteiger partial charge in [0, 0.05) is 5.69 Å². The largest absolute Gasteiger partial charge is 0.356 e. The maximum absolute atomic E-state index is 12.0. The van der Waals surface area contributed by atoms with E-state index in [0.717, 1.165) is 0 Å². The molecule has 0 saturated heterocycles. The van der Waals surface area contributed by atoms with Gasteiger partial charge in [-0.25, -0.2) is 0 Å². The minimum atomic E-state index is -0.388. The van der Waals surface area contributed by atoms with Crippen LogP contribution in [0.2, 0.25) is 10.0 Å². The number of hydrogen-bond donors (Lipinski definition) is 1. The summed E-state index contributed by atoms with van der Waals surface area (Å²) in [7, 11) is 0. The lowest BCUT2D eigenvalue weighted by atomic mass is 10.1. The molecule has 2 aromatic rings. The van der Waals surface area contributed by atoms with Crippen LogP contribution in [0.5, 0.6) is 0 Å². The number of rotatable bonds is 0. The van der Waals surface area contributed by atoms with Crippen LogP contribution in [-0.2, 0) is 0 Å². The molecule has 0 bridgehead atoms. The molecule has 80 valence electrons. The number of benzene rings is 1. The van der Waals surface area contributed by atoms with Crippen molar-refractivity contribution in [2.45, 2.75) is 6.92 Å². The standard InChI is InChI=1S/C11H6Cl2N2O/c1-5-6(4-14)11(16)9-7(12)2-3-8(13)10(9)15-5/h2-3H,1H3,(H,15,16). The van der Waals surface area contributed by atoms with E-state index in [2.05, 4.69) is 4.98 Å². The van der Waals surface area contributed by atoms with Crippen molar-refractivity contribution in [3.8, 4) is 6.07 Å². The van der Waals surface area contributed by atoms with Gasteiger partial charge in [-0.1, -0.05) is 23.2 Å². The monoisotopic (exact) mass is 252 g/mol. The van der Waals surface area contributed by atoms with Crippen molar-refractivity contribution in [1.82, 2.24) is 4.98 Å². The van der Waals surface area contributed by atoms with Gasteiger partial charge in [-0.15, -0.1) is 0 Å². The molecule has 0 aliphatic carbocycles. The average molecular weight is 253 g/mol. The SMILES string of the molecule is Cc1[nH]c2c(Cl)ccc(Cl)c2c(=O)c1C#N. The van der Waals surface area contributed by atoms with Crippen LogP contribution in [-0.4, -0.2) is 4.98 Å². The van der Waals surface area contributed by atoms with E-state index in [0.29, 0.717) is 16.2 Å². The Hall–Kier alpha value is -1.50. The van der Waals surface area contributed by atoms with Gasteiger partial charge in [0.25, 0.3) is 0 Å². The summed E-state index contributed by atoms with van der Waals surface area (Å²) in [6.07, 6.45) is 0. The Morgan fingerprint density at radius 1 is 1.31 bits per heavy atom. The number of aromatic nitrogens is 1. The third kappa shape index (κ3) is 1.47. The van der Waals surface area contributed by atoms with E-state index in [1.165, 1.54) is 6.07 Å². The summed E-state index contributed by atoms with van der Waals surface area (Å²) in [6, 6.07) is 5.00. The number of H-pyrrole nitrogens is 1. The lowest BCUT2D eigenvalue weighted by Gasteiger charge is -2.05. The van der Waals surface area contributed by atoms with Crippen LogP contribution in [0.15, 0.2) is 16.9 Å². The predicted molar refractivity (Wildman–Crippen MR) is 64.0 cm³/mol. The molecule has 0 radical (unpaired) electrons. The van der Waals surface area contributed by atoms with E-state index >= 15 is 0 Å². The van der Waals surface area contributed by atoms with Crippen LogP contribution in [0.3, 0.4) is 0 Å². The maximum atomic E-state index is 12.0. The lowest BCUT2D eigenvalue weighted by molar-refractivity contribution is 1.21. The van der Waals surface area contributed by atoms with Gasteiger partial charge >= 0.3 is 0 Å². The third-order valence-corrected chi connectivity index (χ3v) is 2.99. The third-order valence-electron chi connectivity index (χ3n) is 2.36. The van der Waals surface area contributed by atoms with Crippen molar-refractivity contribution in [2.75, 3.05) is 0 Å². The number of fused-ring (bicyclic) bond motifs is 1. The Morgan fingerprint density at radius 2 is 1.94 bits per heavy atom. The summed E-state index contributed by atoms with van der Waals surface area (Å²) in [4.78, 5) is 14.9. The van der Waals surface area contributed by atoms with Gasteiger partial charge < -0.3 is 4.98 Å². The number of nitriles is 1. The number of aryl methyl sites for hydroxylation is 1. The van der Waals surface area contributed by atoms with E-state index in [4.69, 9.17) is 28.5 Å². The fraction of sp³-hybridized carbons (Fsp3) is 0.0909. The second-order valence-corrected chi connectivity index (χ2v) is 4.16. The molecule has 3 nitrogen and oxygen atoms in total. The summed E-state index contributed by atoms with van der Waals surface area (Å²) in [6.45, 7) is 1.65. The first kappa shape index (κ1) is 11.0. The highest BCUT2D eigenvalue weighted by Crippen LogP contribution is 2.26. The topological polar surface area (TPSA) is 56.6 Å². The predicted octanol–water partition coefficient (Wildman–Crippen LogP) is 3.02. The van der Waals surface area contributed by atoms with Gasteiger partial charge in [-0.3, -0.25) is 4.79 Å². The van der Waals surface area contributed by atoms with E-state index in [1.54, 1.807) is 13.0 Å². The molecular formula is C11H6Cl2N2O. The van der Waals surface area contributed by atoms with Gasteiger partial charge in [0.15, 0.2) is 0 Å². The maximum Gasteiger partial charge on any atom is 0.208 e. The van der Waals surface area contributed by atoms with Crippen molar-refractivity contribution >= 4 is 34.1 Å². The van der Waals surface area contributed by atoms with Crippen molar-refractivity contribution in [3.05, 3.63) is 43.7 Å². The Bertz CT molecular complexity index is 683. The Morgan fingerprint density at radius 3 is 2.56 bits per heavy atom. The summed E-state index contributed by atoms with van der Waals surface area (Å²) < 4.78 is 0. The van der Waals surface area contributed by atoms with Gasteiger partial charge in [0.05, 0.1) is 20.9 Å². The Kier molecular flexibility index (Phi) is 2.63. The van der Waals surface area contributed by atoms with Crippen LogP contribution in [0.25, 0.3) is 10.9 Å². The smallest absolute Gasteiger partial charge is 0.208 e. The van der Waals surface area contributed by atoms with Crippen molar-refractivity contribution in [1.29, 1.82) is 5.26 Å². The Labute approximate surface area is 101 Å². The van der Waals surface area contributed by atoms with Crippen LogP contribution in [0, 0.1) is 18.3 Å². The molecular weight excluding hydrogens is 247 g/mol. The van der Waals surface area contributed by atoms with E-state index in [1.807, 2.05) is 6.07 Å². The molecule has 2 rings (SSSR count). The van der Waals surface area contributed by atoms with Crippen LogP contribution >= 0.6 is 23.2 Å². The van der Waals surface area contributed by atoms with Crippen molar-refractivity contribution in [2.24, 2.45) is 0 Å². The van der Waals surface area contributed by atoms with Crippen LogP contribution in [0.1, 0.15) is 11.3 Å². The molecule has 0 atom stereocenters. The molecule has 0 saturated carbocycles. The van der Waals surface area contributed by atoms with Crippen molar-refractivity contribution < 1.29 is 0 Å². The fourth-order valence-electron chi connectivity index (χ4n) is 1.58. The van der Waals surface area contributed by atoms with Gasteiger partial charge in [-0.2, -0.15) is 5.26 Å². The Balaban J connectivity index is 3.13. The van der Waals surface area contributed by atoms with Gasteiger partial charge in [0.1, 0.15) is 11.6 Å². The molecule has 1 aromatic heterocycles. The molecule has 5 heteroatoms. The lowest BCUT2D eigenvalue weighted by Crippen LogP contribution is -2.11. The molecule has 0 unspecified atom stereocenters. The molecule has 0 aliphatic rings. The normalized spacial score (nSPS) is 10.4. The summed E-state index contributed by atoms with van der Waals surface area (Å²) >= 11 is 11.9. The molecule has 1 aromatic carbocycles. The number of halogens is 2. The molecule has 0 spiro atoms. The van der Waals surface area contributed by atoms with E-state index in [9.17, 15) is 4.79 Å². The van der Waals surface area contributed by atoms with Gasteiger partial charge in [-0.05, 0) is 19.1 Å².